The van der Waals surface area contributed by atoms with E-state index >= 15 is 0 Å². The van der Waals surface area contributed by atoms with Gasteiger partial charge in [0.15, 0.2) is 0 Å². The monoisotopic (exact) mass is 602 g/mol. The van der Waals surface area contributed by atoms with Crippen LogP contribution < -0.4 is 8.73 Å². The molecule has 0 amide bonds. The lowest BCUT2D eigenvalue weighted by Gasteiger charge is -2.36. The first kappa shape index (κ1) is 29.9. The quantitative estimate of drug-likeness (QED) is 0.167. The van der Waals surface area contributed by atoms with Crippen LogP contribution in [-0.4, -0.2) is 27.8 Å². The molecule has 0 aliphatic heterocycles. The molecule has 42 heavy (non-hydrogen) atoms. The summed E-state index contributed by atoms with van der Waals surface area (Å²) >= 11 is 0. The second-order valence-corrected chi connectivity index (χ2v) is 19.1. The first-order valence-electron chi connectivity index (χ1n) is 14.2. The highest BCUT2D eigenvalue weighted by molar-refractivity contribution is 7.92. The van der Waals surface area contributed by atoms with Crippen molar-refractivity contribution in [2.45, 2.75) is 57.1 Å². The van der Waals surface area contributed by atoms with E-state index in [4.69, 9.17) is 4.43 Å². The molecule has 1 aromatic heterocycles. The van der Waals surface area contributed by atoms with Gasteiger partial charge in [0.25, 0.3) is 18.3 Å². The number of benzene rings is 4. The van der Waals surface area contributed by atoms with Crippen molar-refractivity contribution in [3.05, 3.63) is 102 Å². The molecule has 0 bridgehead atoms. The molecule has 5 nitrogen and oxygen atoms in total. The van der Waals surface area contributed by atoms with Crippen LogP contribution in [0.25, 0.3) is 21.7 Å². The van der Waals surface area contributed by atoms with E-state index in [0.29, 0.717) is 12.1 Å². The number of hydrogen-bond acceptors (Lipinski definition) is 3. The van der Waals surface area contributed by atoms with Crippen molar-refractivity contribution in [1.29, 1.82) is 0 Å². The third-order valence-corrected chi connectivity index (χ3v) is 14.8. The van der Waals surface area contributed by atoms with Gasteiger partial charge in [0, 0.05) is 19.0 Å². The van der Waals surface area contributed by atoms with Crippen molar-refractivity contribution in [3.63, 3.8) is 0 Å². The highest BCUT2D eigenvalue weighted by atomic mass is 32.2. The molecular weight excluding hydrogens is 564 g/mol. The normalized spacial score (nSPS) is 12.7. The topological polar surface area (TPSA) is 51.5 Å². The van der Waals surface area contributed by atoms with Gasteiger partial charge in [-0.3, -0.25) is 4.31 Å². The second-order valence-electron chi connectivity index (χ2n) is 12.5. The molecule has 0 aliphatic carbocycles. The number of aryl methyl sites for hydroxylation is 1. The minimum atomic E-state index is -3.95. The molecule has 0 saturated carbocycles. The lowest BCUT2D eigenvalue weighted by molar-refractivity contribution is 0.491. The van der Waals surface area contributed by atoms with E-state index in [1.165, 1.54) is 16.4 Å². The molecule has 0 atom stereocenters. The summed E-state index contributed by atoms with van der Waals surface area (Å²) in [6.07, 6.45) is 0.423. The maximum Gasteiger partial charge on any atom is 0.264 e. The van der Waals surface area contributed by atoms with Crippen LogP contribution >= 0.6 is 0 Å². The number of fused-ring (bicyclic) bond motifs is 2. The largest absolute Gasteiger partial charge is 0.542 e. The highest BCUT2D eigenvalue weighted by Crippen LogP contribution is 2.42. The Kier molecular flexibility index (Phi) is 7.74. The van der Waals surface area contributed by atoms with Crippen LogP contribution in [0.15, 0.2) is 89.8 Å². The summed E-state index contributed by atoms with van der Waals surface area (Å²) in [5.41, 5.74) is 3.39. The van der Waals surface area contributed by atoms with E-state index in [1.807, 2.05) is 62.5 Å². The van der Waals surface area contributed by atoms with Crippen molar-refractivity contribution >= 4 is 45.7 Å². The van der Waals surface area contributed by atoms with Crippen molar-refractivity contribution in [3.8, 4) is 5.75 Å². The SMILES string of the molecule is Cc1c(O[Si](C)(C)C(C)(C)C)c2cc(N(CCc3ccc(F)cc3)S(=O)(=O)c3ccc4ccccc4c3)ccc2n1C. The zero-order chi connectivity index (χ0) is 30.4. The molecule has 1 heterocycles. The molecule has 0 radical (unpaired) electrons. The molecule has 0 saturated heterocycles. The van der Waals surface area contributed by atoms with Crippen LogP contribution in [0.2, 0.25) is 18.1 Å². The molecule has 0 fully saturated rings. The predicted molar refractivity (Wildman–Crippen MR) is 174 cm³/mol. The van der Waals surface area contributed by atoms with Crippen LogP contribution in [0, 0.1) is 12.7 Å². The van der Waals surface area contributed by atoms with Gasteiger partial charge in [-0.2, -0.15) is 0 Å². The first-order valence-corrected chi connectivity index (χ1v) is 18.6. The van der Waals surface area contributed by atoms with Crippen LogP contribution in [0.5, 0.6) is 5.75 Å². The van der Waals surface area contributed by atoms with Crippen molar-refractivity contribution in [1.82, 2.24) is 4.57 Å². The van der Waals surface area contributed by atoms with E-state index in [1.54, 1.807) is 24.3 Å². The Morgan fingerprint density at radius 2 is 1.57 bits per heavy atom. The van der Waals surface area contributed by atoms with Crippen molar-refractivity contribution in [2.75, 3.05) is 10.8 Å². The van der Waals surface area contributed by atoms with Gasteiger partial charge < -0.3 is 8.99 Å². The maximum absolute atomic E-state index is 14.3. The van der Waals surface area contributed by atoms with Gasteiger partial charge in [-0.1, -0.05) is 63.2 Å². The summed E-state index contributed by atoms with van der Waals surface area (Å²) in [6.45, 7) is 13.3. The average molecular weight is 603 g/mol. The first-order chi connectivity index (χ1) is 19.7. The Bertz CT molecular complexity index is 1870. The smallest absolute Gasteiger partial charge is 0.264 e. The van der Waals surface area contributed by atoms with Gasteiger partial charge in [-0.15, -0.1) is 0 Å². The molecule has 220 valence electrons. The summed E-state index contributed by atoms with van der Waals surface area (Å²) in [5, 5.41) is 2.72. The zero-order valence-electron chi connectivity index (χ0n) is 25.4. The lowest BCUT2D eigenvalue weighted by atomic mass is 10.1. The average Bonchev–Trinajstić information content (AvgIpc) is 3.17. The second kappa shape index (κ2) is 10.9. The van der Waals surface area contributed by atoms with Gasteiger partial charge in [0.1, 0.15) is 11.6 Å². The summed E-state index contributed by atoms with van der Waals surface area (Å²) in [5.74, 6) is 0.487. The van der Waals surface area contributed by atoms with E-state index in [9.17, 15) is 12.8 Å². The van der Waals surface area contributed by atoms with Crippen LogP contribution in [-0.2, 0) is 23.5 Å². The Balaban J connectivity index is 1.64. The van der Waals surface area contributed by atoms with Gasteiger partial charge in [-0.25, -0.2) is 12.8 Å². The number of anilines is 1. The fourth-order valence-electron chi connectivity index (χ4n) is 4.94. The summed E-state index contributed by atoms with van der Waals surface area (Å²) in [4.78, 5) is 0.224. The Morgan fingerprint density at radius 3 is 2.24 bits per heavy atom. The molecule has 8 heteroatoms. The molecule has 0 spiro atoms. The molecular formula is C34H39FN2O3SSi. The van der Waals surface area contributed by atoms with E-state index in [2.05, 4.69) is 38.4 Å². The Morgan fingerprint density at radius 1 is 0.905 bits per heavy atom. The fourth-order valence-corrected chi connectivity index (χ4v) is 7.51. The third-order valence-electron chi connectivity index (χ3n) is 8.69. The van der Waals surface area contributed by atoms with Gasteiger partial charge in [0.05, 0.1) is 21.8 Å². The Hall–Kier alpha value is -3.62. The van der Waals surface area contributed by atoms with Gasteiger partial charge >= 0.3 is 0 Å². The van der Waals surface area contributed by atoms with Crippen LogP contribution in [0.4, 0.5) is 10.1 Å². The number of hydrogen-bond donors (Lipinski definition) is 0. The van der Waals surface area contributed by atoms with Crippen LogP contribution in [0.1, 0.15) is 32.0 Å². The van der Waals surface area contributed by atoms with Gasteiger partial charge in [-0.05, 0) is 90.3 Å². The fraction of sp³-hybridized carbons (Fsp3) is 0.294. The molecule has 0 aliphatic rings. The number of aromatic nitrogens is 1. The molecule has 5 rings (SSSR count). The Labute approximate surface area is 249 Å². The number of halogens is 1. The predicted octanol–water partition coefficient (Wildman–Crippen LogP) is 8.60. The van der Waals surface area contributed by atoms with E-state index in [0.717, 1.165) is 38.7 Å². The van der Waals surface area contributed by atoms with E-state index < -0.39 is 18.3 Å². The number of rotatable bonds is 8. The number of sulfonamides is 1. The third kappa shape index (κ3) is 5.57. The molecule has 0 N–H and O–H groups in total. The maximum atomic E-state index is 14.3. The van der Waals surface area contributed by atoms with Crippen LogP contribution in [0.3, 0.4) is 0 Å². The minimum Gasteiger partial charge on any atom is -0.542 e. The molecule has 5 aromatic rings. The van der Waals surface area contributed by atoms with Crippen molar-refractivity contribution < 1.29 is 17.2 Å². The standard InChI is InChI=1S/C34H39FN2O3SSi/c1-24-33(40-42(6,7)34(2,3)4)31-23-29(17-19-32(31)36(24)5)37(21-20-25-12-15-28(35)16-13-25)41(38,39)30-18-14-26-10-8-9-11-27(26)22-30/h8-19,22-23H,20-21H2,1-7H3. The summed E-state index contributed by atoms with van der Waals surface area (Å²) in [6, 6.07) is 24.9. The summed E-state index contributed by atoms with van der Waals surface area (Å²) in [7, 11) is -4.12. The highest BCUT2D eigenvalue weighted by Gasteiger charge is 2.40. The summed E-state index contributed by atoms with van der Waals surface area (Å²) < 4.78 is 52.7. The lowest BCUT2D eigenvalue weighted by Crippen LogP contribution is -2.44. The van der Waals surface area contributed by atoms with Crippen molar-refractivity contribution in [2.24, 2.45) is 7.05 Å². The zero-order valence-corrected chi connectivity index (χ0v) is 27.2. The van der Waals surface area contributed by atoms with E-state index in [-0.39, 0.29) is 22.3 Å². The number of nitrogens with zero attached hydrogens (tertiary/aromatic N) is 2. The van der Waals surface area contributed by atoms with Gasteiger partial charge in [0.2, 0.25) is 0 Å². The minimum absolute atomic E-state index is 0.000168. The molecule has 0 unspecified atom stereocenters. The molecule has 4 aromatic carbocycles.